The van der Waals surface area contributed by atoms with E-state index in [1.54, 1.807) is 13.1 Å². The van der Waals surface area contributed by atoms with Crippen molar-refractivity contribution in [2.75, 3.05) is 0 Å². The number of aryl methyl sites for hydroxylation is 1. The first-order valence-corrected chi connectivity index (χ1v) is 5.06. The van der Waals surface area contributed by atoms with E-state index < -0.39 is 0 Å². The van der Waals surface area contributed by atoms with Crippen molar-refractivity contribution < 1.29 is 0 Å². The SMILES string of the molecule is Cn1c(=O)c2c(P)cccc2n(C)c1=O. The molecule has 5 heteroatoms. The minimum Gasteiger partial charge on any atom is -0.296 e. The molecule has 4 nitrogen and oxygen atoms in total. The third-order valence-corrected chi connectivity index (χ3v) is 3.01. The summed E-state index contributed by atoms with van der Waals surface area (Å²) in [7, 11) is 5.66. The van der Waals surface area contributed by atoms with Crippen molar-refractivity contribution in [2.24, 2.45) is 14.1 Å². The van der Waals surface area contributed by atoms with E-state index in [9.17, 15) is 9.59 Å². The second-order valence-electron chi connectivity index (χ2n) is 3.45. The molecule has 1 aromatic carbocycles. The molecule has 15 heavy (non-hydrogen) atoms. The van der Waals surface area contributed by atoms with Gasteiger partial charge in [-0.05, 0) is 11.4 Å². The van der Waals surface area contributed by atoms with Crippen LogP contribution < -0.4 is 16.6 Å². The van der Waals surface area contributed by atoms with Crippen LogP contribution in [0, 0.1) is 0 Å². The molecule has 78 valence electrons. The highest BCUT2D eigenvalue weighted by Gasteiger charge is 2.09. The predicted octanol–water partition coefficient (Wildman–Crippen LogP) is -0.262. The smallest absolute Gasteiger partial charge is 0.296 e. The lowest BCUT2D eigenvalue weighted by atomic mass is 10.2. The first-order valence-electron chi connectivity index (χ1n) is 4.48. The Hall–Kier alpha value is -1.41. The lowest BCUT2D eigenvalue weighted by Gasteiger charge is -2.08. The van der Waals surface area contributed by atoms with E-state index in [-0.39, 0.29) is 11.2 Å². The zero-order valence-corrected chi connectivity index (χ0v) is 9.68. The van der Waals surface area contributed by atoms with Crippen LogP contribution >= 0.6 is 9.24 Å². The molecule has 0 saturated carbocycles. The number of hydrogen-bond acceptors (Lipinski definition) is 2. The van der Waals surface area contributed by atoms with Gasteiger partial charge in [0.05, 0.1) is 10.9 Å². The molecule has 2 aromatic rings. The van der Waals surface area contributed by atoms with E-state index in [4.69, 9.17) is 0 Å². The summed E-state index contributed by atoms with van der Waals surface area (Å²) in [5.41, 5.74) is 0.109. The first-order chi connectivity index (χ1) is 7.04. The van der Waals surface area contributed by atoms with Gasteiger partial charge >= 0.3 is 5.69 Å². The average molecular weight is 222 g/mol. The summed E-state index contributed by atoms with van der Waals surface area (Å²) in [5, 5.41) is 1.39. The molecule has 0 bridgehead atoms. The number of benzene rings is 1. The van der Waals surface area contributed by atoms with Crippen molar-refractivity contribution in [3.8, 4) is 0 Å². The Morgan fingerprint density at radius 3 is 2.47 bits per heavy atom. The van der Waals surface area contributed by atoms with Crippen molar-refractivity contribution in [3.05, 3.63) is 39.0 Å². The monoisotopic (exact) mass is 222 g/mol. The first kappa shape index (κ1) is 10.1. The van der Waals surface area contributed by atoms with Gasteiger partial charge in [0.1, 0.15) is 0 Å². The third kappa shape index (κ3) is 1.33. The van der Waals surface area contributed by atoms with Crippen LogP contribution in [0.5, 0.6) is 0 Å². The summed E-state index contributed by atoms with van der Waals surface area (Å²) in [6.45, 7) is 0. The van der Waals surface area contributed by atoms with Crippen LogP contribution in [0.3, 0.4) is 0 Å². The third-order valence-electron chi connectivity index (χ3n) is 2.53. The minimum absolute atomic E-state index is 0.251. The van der Waals surface area contributed by atoms with Crippen LogP contribution in [-0.2, 0) is 14.1 Å². The summed E-state index contributed by atoms with van der Waals surface area (Å²) in [6.07, 6.45) is 0. The standard InChI is InChI=1S/C10H11N2O2P/c1-11-6-4-3-5-7(15)8(6)9(13)12(2)10(11)14/h3-5H,15H2,1-2H3. The van der Waals surface area contributed by atoms with E-state index >= 15 is 0 Å². The summed E-state index contributed by atoms with van der Waals surface area (Å²) in [4.78, 5) is 23.5. The normalized spacial score (nSPS) is 10.9. The van der Waals surface area contributed by atoms with Gasteiger partial charge in [-0.3, -0.25) is 13.9 Å². The van der Waals surface area contributed by atoms with Gasteiger partial charge in [0.15, 0.2) is 0 Å². The number of hydrogen-bond donors (Lipinski definition) is 0. The van der Waals surface area contributed by atoms with Gasteiger partial charge in [-0.15, -0.1) is 9.24 Å². The van der Waals surface area contributed by atoms with Gasteiger partial charge in [-0.25, -0.2) is 4.79 Å². The molecule has 0 N–H and O–H groups in total. The Morgan fingerprint density at radius 1 is 1.13 bits per heavy atom. The molecule has 0 aliphatic carbocycles. The van der Waals surface area contributed by atoms with Gasteiger partial charge in [-0.2, -0.15) is 0 Å². The van der Waals surface area contributed by atoms with E-state index in [1.165, 1.54) is 11.6 Å². The molecule has 1 heterocycles. The Morgan fingerprint density at radius 2 is 1.80 bits per heavy atom. The van der Waals surface area contributed by atoms with Crippen molar-refractivity contribution in [1.82, 2.24) is 9.13 Å². The topological polar surface area (TPSA) is 44.0 Å². The van der Waals surface area contributed by atoms with Crippen molar-refractivity contribution in [1.29, 1.82) is 0 Å². The Balaban J connectivity index is 3.23. The fourth-order valence-corrected chi connectivity index (χ4v) is 2.04. The molecule has 0 spiro atoms. The molecule has 2 rings (SSSR count). The minimum atomic E-state index is -0.303. The quantitative estimate of drug-likeness (QED) is 0.576. The summed E-state index contributed by atoms with van der Waals surface area (Å²) >= 11 is 0. The molecular weight excluding hydrogens is 211 g/mol. The number of nitrogens with zero attached hydrogens (tertiary/aromatic N) is 2. The van der Waals surface area contributed by atoms with E-state index in [2.05, 4.69) is 9.24 Å². The van der Waals surface area contributed by atoms with Crippen LogP contribution in [0.25, 0.3) is 10.9 Å². The predicted molar refractivity (Wildman–Crippen MR) is 63.8 cm³/mol. The van der Waals surface area contributed by atoms with Crippen molar-refractivity contribution in [3.63, 3.8) is 0 Å². The average Bonchev–Trinajstić information content (AvgIpc) is 2.23. The van der Waals surface area contributed by atoms with Gasteiger partial charge in [-0.1, -0.05) is 12.1 Å². The zero-order valence-electron chi connectivity index (χ0n) is 8.52. The maximum atomic E-state index is 11.9. The molecule has 0 aliphatic heterocycles. The second-order valence-corrected chi connectivity index (χ2v) is 4.07. The maximum Gasteiger partial charge on any atom is 0.330 e. The van der Waals surface area contributed by atoms with Crippen LogP contribution in [0.4, 0.5) is 0 Å². The van der Waals surface area contributed by atoms with Gasteiger partial charge < -0.3 is 0 Å². The Kier molecular flexibility index (Phi) is 2.24. The second kappa shape index (κ2) is 3.31. The van der Waals surface area contributed by atoms with E-state index in [0.717, 1.165) is 9.87 Å². The number of aromatic nitrogens is 2. The molecule has 1 atom stereocenters. The van der Waals surface area contributed by atoms with Crippen LogP contribution in [0.2, 0.25) is 0 Å². The Labute approximate surface area is 88.4 Å². The summed E-state index contributed by atoms with van der Waals surface area (Å²) in [6, 6.07) is 5.42. The fraction of sp³-hybridized carbons (Fsp3) is 0.200. The lowest BCUT2D eigenvalue weighted by molar-refractivity contribution is 0.714. The maximum absolute atomic E-state index is 11.9. The lowest BCUT2D eigenvalue weighted by Crippen LogP contribution is -2.38. The highest BCUT2D eigenvalue weighted by molar-refractivity contribution is 7.28. The highest BCUT2D eigenvalue weighted by Crippen LogP contribution is 2.06. The number of fused-ring (bicyclic) bond motifs is 1. The fourth-order valence-electron chi connectivity index (χ4n) is 1.65. The molecule has 0 saturated heterocycles. The van der Waals surface area contributed by atoms with Gasteiger partial charge in [0.25, 0.3) is 5.56 Å². The van der Waals surface area contributed by atoms with E-state index in [1.807, 2.05) is 12.1 Å². The Bertz CT molecular complexity index is 655. The number of rotatable bonds is 0. The van der Waals surface area contributed by atoms with Crippen LogP contribution in [0.1, 0.15) is 0 Å². The van der Waals surface area contributed by atoms with Gasteiger partial charge in [0, 0.05) is 14.1 Å². The van der Waals surface area contributed by atoms with Crippen LogP contribution in [0.15, 0.2) is 27.8 Å². The molecule has 0 aliphatic rings. The molecule has 0 radical (unpaired) electrons. The molecule has 0 amide bonds. The molecule has 1 unspecified atom stereocenters. The summed E-state index contributed by atoms with van der Waals surface area (Å²) < 4.78 is 2.60. The summed E-state index contributed by atoms with van der Waals surface area (Å²) in [5.74, 6) is 0. The zero-order chi connectivity index (χ0) is 11.2. The van der Waals surface area contributed by atoms with Crippen molar-refractivity contribution >= 4 is 25.4 Å². The largest absolute Gasteiger partial charge is 0.330 e. The van der Waals surface area contributed by atoms with Gasteiger partial charge in [0.2, 0.25) is 0 Å². The van der Waals surface area contributed by atoms with Crippen LogP contribution in [-0.4, -0.2) is 9.13 Å². The molecule has 1 aromatic heterocycles. The van der Waals surface area contributed by atoms with Crippen molar-refractivity contribution in [2.45, 2.75) is 0 Å². The molecule has 0 fully saturated rings. The molecular formula is C10H11N2O2P. The highest BCUT2D eigenvalue weighted by atomic mass is 31.0. The van der Waals surface area contributed by atoms with E-state index in [0.29, 0.717) is 10.9 Å².